The van der Waals surface area contributed by atoms with Gasteiger partial charge in [0.2, 0.25) is 5.91 Å². The van der Waals surface area contributed by atoms with Gasteiger partial charge in [-0.3, -0.25) is 4.79 Å². The number of pyridine rings is 1. The summed E-state index contributed by atoms with van der Waals surface area (Å²) in [6.07, 6.45) is 1.85. The smallest absolute Gasteiger partial charge is 0.228 e. The number of benzene rings is 1. The van der Waals surface area contributed by atoms with Crippen molar-refractivity contribution in [2.24, 2.45) is 5.92 Å². The van der Waals surface area contributed by atoms with Crippen molar-refractivity contribution in [2.45, 2.75) is 19.8 Å². The first-order chi connectivity index (χ1) is 12.8. The monoisotopic (exact) mass is 383 g/mol. The van der Waals surface area contributed by atoms with E-state index in [9.17, 15) is 9.36 Å². The summed E-state index contributed by atoms with van der Waals surface area (Å²) in [5, 5.41) is 7.01. The Bertz CT molecular complexity index is 1080. The molecule has 3 N–H and O–H groups in total. The molecule has 1 saturated carbocycles. The lowest BCUT2D eigenvalue weighted by Gasteiger charge is -2.16. The van der Waals surface area contributed by atoms with E-state index in [0.717, 1.165) is 40.9 Å². The zero-order valence-electron chi connectivity index (χ0n) is 15.5. The molecule has 0 atom stereocenters. The summed E-state index contributed by atoms with van der Waals surface area (Å²) in [5.74, 6) is 1.27. The Morgan fingerprint density at radius 2 is 1.93 bits per heavy atom. The Hall–Kier alpha value is -2.66. The van der Waals surface area contributed by atoms with Gasteiger partial charge in [0.15, 0.2) is 5.65 Å². The van der Waals surface area contributed by atoms with Crippen LogP contribution in [0, 0.1) is 12.8 Å². The molecule has 0 spiro atoms. The molecule has 0 unspecified atom stereocenters. The van der Waals surface area contributed by atoms with Gasteiger partial charge in [-0.25, -0.2) is 9.97 Å². The zero-order valence-corrected chi connectivity index (χ0v) is 16.4. The molecule has 1 aliphatic carbocycles. The summed E-state index contributed by atoms with van der Waals surface area (Å²) >= 11 is 0. The summed E-state index contributed by atoms with van der Waals surface area (Å²) < 4.78 is 12.7. The maximum Gasteiger partial charge on any atom is 0.228 e. The molecule has 4 rings (SSSR count). The van der Waals surface area contributed by atoms with Gasteiger partial charge in [0.05, 0.1) is 5.69 Å². The lowest BCUT2D eigenvalue weighted by molar-refractivity contribution is -0.117. The number of aryl methyl sites for hydroxylation is 1. The van der Waals surface area contributed by atoms with Crippen molar-refractivity contribution >= 4 is 46.7 Å². The molecule has 0 saturated heterocycles. The summed E-state index contributed by atoms with van der Waals surface area (Å²) in [5.41, 5.74) is 2.77. The number of carbonyl (C=O) groups excluding carboxylic acids is 1. The number of carbonyl (C=O) groups is 1. The van der Waals surface area contributed by atoms with Crippen molar-refractivity contribution in [3.63, 3.8) is 0 Å². The number of anilines is 3. The molecule has 1 aliphatic rings. The van der Waals surface area contributed by atoms with Crippen LogP contribution in [0.5, 0.6) is 0 Å². The van der Waals surface area contributed by atoms with Crippen LogP contribution in [0.15, 0.2) is 30.3 Å². The second kappa shape index (κ2) is 6.50. The molecular formula is C19H22N5O2P. The molecule has 0 aliphatic heterocycles. The normalized spacial score (nSPS) is 14.3. The molecule has 2 aromatic heterocycles. The first-order valence-corrected chi connectivity index (χ1v) is 11.5. The Kier molecular flexibility index (Phi) is 4.27. The number of para-hydroxylation sites is 1. The summed E-state index contributed by atoms with van der Waals surface area (Å²) in [6, 6.07) is 9.33. The van der Waals surface area contributed by atoms with E-state index in [2.05, 4.69) is 25.6 Å². The maximum atomic E-state index is 12.7. The molecule has 0 radical (unpaired) electrons. The maximum absolute atomic E-state index is 12.7. The lowest BCUT2D eigenvalue weighted by Crippen LogP contribution is -2.15. The lowest BCUT2D eigenvalue weighted by atomic mass is 10.2. The van der Waals surface area contributed by atoms with Gasteiger partial charge < -0.3 is 20.2 Å². The number of H-pyrrole nitrogens is 1. The number of aromatic nitrogens is 3. The third-order valence-electron chi connectivity index (χ3n) is 4.53. The van der Waals surface area contributed by atoms with E-state index >= 15 is 0 Å². The van der Waals surface area contributed by atoms with Gasteiger partial charge in [0, 0.05) is 23.0 Å². The van der Waals surface area contributed by atoms with E-state index in [-0.39, 0.29) is 11.8 Å². The second-order valence-electron chi connectivity index (χ2n) is 7.33. The Labute approximate surface area is 157 Å². The van der Waals surface area contributed by atoms with Crippen LogP contribution >= 0.6 is 7.14 Å². The molecule has 8 heteroatoms. The molecule has 1 fully saturated rings. The third-order valence-corrected chi connectivity index (χ3v) is 6.08. The first kappa shape index (κ1) is 17.7. The Morgan fingerprint density at radius 1 is 1.19 bits per heavy atom. The van der Waals surface area contributed by atoms with Gasteiger partial charge in [-0.15, -0.1) is 0 Å². The number of hydrogen-bond acceptors (Lipinski definition) is 5. The largest absolute Gasteiger partial charge is 0.353 e. The summed E-state index contributed by atoms with van der Waals surface area (Å²) in [6.45, 7) is 5.35. The van der Waals surface area contributed by atoms with Crippen LogP contribution in [-0.4, -0.2) is 34.2 Å². The predicted octanol–water partition coefficient (Wildman–Crippen LogP) is 3.61. The molecule has 140 valence electrons. The molecule has 27 heavy (non-hydrogen) atoms. The van der Waals surface area contributed by atoms with Crippen LogP contribution in [-0.2, 0) is 9.36 Å². The van der Waals surface area contributed by atoms with Crippen molar-refractivity contribution in [3.05, 3.63) is 36.2 Å². The Balaban J connectivity index is 1.76. The highest BCUT2D eigenvalue weighted by Crippen LogP contribution is 2.39. The SMILES string of the molecule is Cc1nc2nc(NC(=O)C3CC3)cc(Nc3ccccc3P(C)(C)=O)c2[nH]1. The van der Waals surface area contributed by atoms with E-state index in [4.69, 9.17) is 0 Å². The molecule has 7 nitrogen and oxygen atoms in total. The quantitative estimate of drug-likeness (QED) is 0.585. The van der Waals surface area contributed by atoms with Gasteiger partial charge in [0.25, 0.3) is 0 Å². The minimum absolute atomic E-state index is 0.00734. The minimum Gasteiger partial charge on any atom is -0.353 e. The van der Waals surface area contributed by atoms with Crippen LogP contribution in [0.25, 0.3) is 11.2 Å². The predicted molar refractivity (Wildman–Crippen MR) is 109 cm³/mol. The fourth-order valence-corrected chi connectivity index (χ4v) is 4.19. The average molecular weight is 383 g/mol. The highest BCUT2D eigenvalue weighted by Gasteiger charge is 2.30. The Morgan fingerprint density at radius 3 is 2.63 bits per heavy atom. The van der Waals surface area contributed by atoms with E-state index in [1.54, 1.807) is 19.4 Å². The second-order valence-corrected chi connectivity index (χ2v) is 10.5. The molecule has 3 aromatic rings. The van der Waals surface area contributed by atoms with Crippen molar-refractivity contribution in [2.75, 3.05) is 24.0 Å². The average Bonchev–Trinajstić information content (AvgIpc) is 3.37. The molecule has 1 amide bonds. The van der Waals surface area contributed by atoms with Crippen molar-refractivity contribution < 1.29 is 9.36 Å². The molecule has 1 aromatic carbocycles. The van der Waals surface area contributed by atoms with Gasteiger partial charge >= 0.3 is 0 Å². The standard InChI is InChI=1S/C19H22N5O2P/c1-11-20-17-14(22-13-6-4-5-7-15(13)27(2,3)26)10-16(23-18(17)21-11)24-19(25)12-8-9-12/h4-7,10,12H,8-9H2,1-3H3,(H3,20,21,22,23,24,25). The number of aromatic amines is 1. The number of fused-ring (bicyclic) bond motifs is 1. The fraction of sp³-hybridized carbons (Fsp3) is 0.316. The van der Waals surface area contributed by atoms with E-state index in [1.807, 2.05) is 31.2 Å². The highest BCUT2D eigenvalue weighted by atomic mass is 31.2. The molecule has 0 bridgehead atoms. The highest BCUT2D eigenvalue weighted by molar-refractivity contribution is 7.70. The number of nitrogens with one attached hydrogen (secondary N) is 3. The number of amides is 1. The zero-order chi connectivity index (χ0) is 19.2. The molecular weight excluding hydrogens is 361 g/mol. The van der Waals surface area contributed by atoms with Crippen LogP contribution in [0.2, 0.25) is 0 Å². The van der Waals surface area contributed by atoms with Gasteiger partial charge in [0.1, 0.15) is 24.3 Å². The number of hydrogen-bond donors (Lipinski definition) is 3. The van der Waals surface area contributed by atoms with Crippen molar-refractivity contribution in [1.82, 2.24) is 15.0 Å². The van der Waals surface area contributed by atoms with Crippen LogP contribution in [0.1, 0.15) is 18.7 Å². The van der Waals surface area contributed by atoms with Crippen LogP contribution in [0.3, 0.4) is 0 Å². The van der Waals surface area contributed by atoms with E-state index < -0.39 is 7.14 Å². The molecule has 2 heterocycles. The van der Waals surface area contributed by atoms with E-state index in [0.29, 0.717) is 11.5 Å². The first-order valence-electron chi connectivity index (χ1n) is 8.91. The number of rotatable bonds is 5. The van der Waals surface area contributed by atoms with Crippen molar-refractivity contribution in [3.8, 4) is 0 Å². The van der Waals surface area contributed by atoms with Gasteiger partial charge in [-0.2, -0.15) is 0 Å². The number of nitrogens with zero attached hydrogens (tertiary/aromatic N) is 2. The fourth-order valence-electron chi connectivity index (χ4n) is 3.03. The van der Waals surface area contributed by atoms with Crippen LogP contribution in [0.4, 0.5) is 17.2 Å². The van der Waals surface area contributed by atoms with Crippen molar-refractivity contribution in [1.29, 1.82) is 0 Å². The third kappa shape index (κ3) is 3.74. The number of imidazole rings is 1. The summed E-state index contributed by atoms with van der Waals surface area (Å²) in [7, 11) is -2.46. The topological polar surface area (TPSA) is 99.8 Å². The van der Waals surface area contributed by atoms with E-state index in [1.165, 1.54) is 0 Å². The van der Waals surface area contributed by atoms with Gasteiger partial charge in [-0.05, 0) is 45.2 Å². The summed E-state index contributed by atoms with van der Waals surface area (Å²) in [4.78, 5) is 24.2. The van der Waals surface area contributed by atoms with Crippen LogP contribution < -0.4 is 15.9 Å². The minimum atomic E-state index is -2.46. The van der Waals surface area contributed by atoms with Gasteiger partial charge in [-0.1, -0.05) is 12.1 Å².